The van der Waals surface area contributed by atoms with Crippen LogP contribution in [0.5, 0.6) is 0 Å². The van der Waals surface area contributed by atoms with E-state index in [4.69, 9.17) is 9.52 Å². The van der Waals surface area contributed by atoms with Gasteiger partial charge in [-0.15, -0.1) is 11.3 Å². The van der Waals surface area contributed by atoms with E-state index in [9.17, 15) is 9.59 Å². The Morgan fingerprint density at radius 3 is 2.86 bits per heavy atom. The molecule has 2 heterocycles. The molecule has 2 rings (SSSR count). The largest absolute Gasteiger partial charge is 0.480 e. The van der Waals surface area contributed by atoms with Crippen LogP contribution in [0.4, 0.5) is 0 Å². The maximum absolute atomic E-state index is 12.1. The SMILES string of the molecule is C/C=C/CC(NC(=O)c1csc(-c2ccc(C)o2)n1)C(=O)O. The minimum atomic E-state index is -1.08. The predicted octanol–water partition coefficient (Wildman–Crippen LogP) is 2.86. The molecule has 2 N–H and O–H groups in total. The molecule has 2 aromatic heterocycles. The van der Waals surface area contributed by atoms with Gasteiger partial charge in [0.2, 0.25) is 0 Å². The number of hydrogen-bond donors (Lipinski definition) is 2. The lowest BCUT2D eigenvalue weighted by Crippen LogP contribution is -2.40. The Labute approximate surface area is 131 Å². The molecule has 0 fully saturated rings. The van der Waals surface area contributed by atoms with Gasteiger partial charge in [-0.05, 0) is 32.4 Å². The third kappa shape index (κ3) is 3.82. The number of aliphatic carboxylic acids is 1. The van der Waals surface area contributed by atoms with Crippen LogP contribution in [0, 0.1) is 6.92 Å². The number of hydrogen-bond acceptors (Lipinski definition) is 5. The molecule has 1 unspecified atom stereocenters. The van der Waals surface area contributed by atoms with E-state index in [1.54, 1.807) is 30.5 Å². The highest BCUT2D eigenvalue weighted by atomic mass is 32.1. The van der Waals surface area contributed by atoms with Crippen molar-refractivity contribution >= 4 is 23.2 Å². The summed E-state index contributed by atoms with van der Waals surface area (Å²) in [5.41, 5.74) is 0.181. The zero-order chi connectivity index (χ0) is 16.1. The average Bonchev–Trinajstić information content (AvgIpc) is 3.11. The summed E-state index contributed by atoms with van der Waals surface area (Å²) in [5, 5.41) is 13.7. The second-order valence-corrected chi connectivity index (χ2v) is 5.48. The van der Waals surface area contributed by atoms with Crippen LogP contribution in [-0.2, 0) is 4.79 Å². The summed E-state index contributed by atoms with van der Waals surface area (Å²) in [4.78, 5) is 27.4. The molecule has 0 saturated carbocycles. The monoisotopic (exact) mass is 320 g/mol. The molecular formula is C15H16N2O4S. The number of amides is 1. The normalized spacial score (nSPS) is 12.5. The second-order valence-electron chi connectivity index (χ2n) is 4.62. The van der Waals surface area contributed by atoms with E-state index in [0.717, 1.165) is 5.76 Å². The smallest absolute Gasteiger partial charge is 0.326 e. The van der Waals surface area contributed by atoms with Gasteiger partial charge in [0.1, 0.15) is 17.5 Å². The molecule has 22 heavy (non-hydrogen) atoms. The lowest BCUT2D eigenvalue weighted by Gasteiger charge is -2.11. The molecule has 0 aliphatic rings. The molecule has 116 valence electrons. The zero-order valence-corrected chi connectivity index (χ0v) is 13.0. The van der Waals surface area contributed by atoms with E-state index >= 15 is 0 Å². The number of carbonyl (C=O) groups excluding carboxylic acids is 1. The summed E-state index contributed by atoms with van der Waals surface area (Å²) in [5.74, 6) is -0.245. The minimum Gasteiger partial charge on any atom is -0.480 e. The van der Waals surface area contributed by atoms with Crippen molar-refractivity contribution in [2.24, 2.45) is 0 Å². The third-order valence-electron chi connectivity index (χ3n) is 2.90. The van der Waals surface area contributed by atoms with E-state index in [1.807, 2.05) is 13.0 Å². The molecule has 0 bridgehead atoms. The van der Waals surface area contributed by atoms with Crippen LogP contribution in [0.2, 0.25) is 0 Å². The molecule has 2 aromatic rings. The van der Waals surface area contributed by atoms with Crippen molar-refractivity contribution in [3.63, 3.8) is 0 Å². The molecule has 0 saturated heterocycles. The summed E-state index contributed by atoms with van der Waals surface area (Å²) < 4.78 is 5.45. The molecule has 0 radical (unpaired) electrons. The zero-order valence-electron chi connectivity index (χ0n) is 12.2. The molecule has 1 amide bonds. The van der Waals surface area contributed by atoms with Crippen molar-refractivity contribution < 1.29 is 19.1 Å². The van der Waals surface area contributed by atoms with E-state index in [0.29, 0.717) is 10.8 Å². The fourth-order valence-corrected chi connectivity index (χ4v) is 2.53. The quantitative estimate of drug-likeness (QED) is 0.798. The summed E-state index contributed by atoms with van der Waals surface area (Å²) in [7, 11) is 0. The molecular weight excluding hydrogens is 304 g/mol. The van der Waals surface area contributed by atoms with Crippen molar-refractivity contribution in [3.05, 3.63) is 41.1 Å². The fraction of sp³-hybridized carbons (Fsp3) is 0.267. The highest BCUT2D eigenvalue weighted by Gasteiger charge is 2.21. The highest BCUT2D eigenvalue weighted by molar-refractivity contribution is 7.13. The van der Waals surface area contributed by atoms with Crippen molar-refractivity contribution in [1.82, 2.24) is 10.3 Å². The van der Waals surface area contributed by atoms with Gasteiger partial charge in [0.05, 0.1) is 0 Å². The second kappa shape index (κ2) is 7.04. The van der Waals surface area contributed by atoms with Gasteiger partial charge < -0.3 is 14.8 Å². The number of aryl methyl sites for hydroxylation is 1. The first kappa shape index (κ1) is 16.0. The number of carboxylic acid groups (broad SMARTS) is 1. The molecule has 6 nitrogen and oxygen atoms in total. The van der Waals surface area contributed by atoms with Crippen LogP contribution in [-0.4, -0.2) is 28.0 Å². The highest BCUT2D eigenvalue weighted by Crippen LogP contribution is 2.25. The number of carboxylic acids is 1. The average molecular weight is 320 g/mol. The van der Waals surface area contributed by atoms with Crippen LogP contribution >= 0.6 is 11.3 Å². The molecule has 0 aliphatic carbocycles. The Balaban J connectivity index is 2.09. The lowest BCUT2D eigenvalue weighted by atomic mass is 10.2. The maximum Gasteiger partial charge on any atom is 0.326 e. The molecule has 7 heteroatoms. The lowest BCUT2D eigenvalue weighted by molar-refractivity contribution is -0.139. The molecule has 0 aliphatic heterocycles. The van der Waals surface area contributed by atoms with Crippen LogP contribution in [0.1, 0.15) is 29.6 Å². The van der Waals surface area contributed by atoms with Crippen LogP contribution in [0.15, 0.2) is 34.1 Å². The Bertz CT molecular complexity index is 702. The first-order valence-corrected chi connectivity index (χ1v) is 7.56. The maximum atomic E-state index is 12.1. The number of nitrogens with zero attached hydrogens (tertiary/aromatic N) is 1. The van der Waals surface area contributed by atoms with Gasteiger partial charge in [-0.2, -0.15) is 0 Å². The van der Waals surface area contributed by atoms with Crippen molar-refractivity contribution in [1.29, 1.82) is 0 Å². The predicted molar refractivity (Wildman–Crippen MR) is 82.9 cm³/mol. The Morgan fingerprint density at radius 1 is 1.50 bits per heavy atom. The fourth-order valence-electron chi connectivity index (χ4n) is 1.77. The van der Waals surface area contributed by atoms with Gasteiger partial charge in [0.15, 0.2) is 10.8 Å². The van der Waals surface area contributed by atoms with Crippen LogP contribution < -0.4 is 5.32 Å². The van der Waals surface area contributed by atoms with Gasteiger partial charge in [-0.25, -0.2) is 9.78 Å². The summed E-state index contributed by atoms with van der Waals surface area (Å²) in [6.45, 7) is 3.61. The van der Waals surface area contributed by atoms with E-state index in [-0.39, 0.29) is 12.1 Å². The standard InChI is InChI=1S/C15H16N2O4S/c1-3-4-5-10(15(19)20)16-13(18)11-8-22-14(17-11)12-7-6-9(2)21-12/h3-4,6-8,10H,5H2,1-2H3,(H,16,18)(H,19,20)/b4-3+. The number of rotatable bonds is 6. The third-order valence-corrected chi connectivity index (χ3v) is 3.76. The van der Waals surface area contributed by atoms with E-state index in [1.165, 1.54) is 11.3 Å². The minimum absolute atomic E-state index is 0.181. The Kier molecular flexibility index (Phi) is 5.11. The van der Waals surface area contributed by atoms with Gasteiger partial charge in [-0.1, -0.05) is 12.2 Å². The summed E-state index contributed by atoms with van der Waals surface area (Å²) >= 11 is 1.27. The van der Waals surface area contributed by atoms with Crippen molar-refractivity contribution in [3.8, 4) is 10.8 Å². The number of thiazole rings is 1. The van der Waals surface area contributed by atoms with E-state index in [2.05, 4.69) is 10.3 Å². The first-order chi connectivity index (χ1) is 10.5. The van der Waals surface area contributed by atoms with Crippen molar-refractivity contribution in [2.75, 3.05) is 0 Å². The topological polar surface area (TPSA) is 92.4 Å². The molecule has 1 atom stereocenters. The number of furan rings is 1. The molecule has 0 spiro atoms. The van der Waals surface area contributed by atoms with Gasteiger partial charge in [0, 0.05) is 5.38 Å². The summed E-state index contributed by atoms with van der Waals surface area (Å²) in [6, 6.07) is 2.62. The number of carbonyl (C=O) groups is 2. The molecule has 0 aromatic carbocycles. The summed E-state index contributed by atoms with van der Waals surface area (Å²) in [6.07, 6.45) is 3.66. The van der Waals surface area contributed by atoms with Gasteiger partial charge in [-0.3, -0.25) is 4.79 Å². The Hall–Kier alpha value is -2.41. The van der Waals surface area contributed by atoms with Crippen molar-refractivity contribution in [2.45, 2.75) is 26.3 Å². The number of allylic oxidation sites excluding steroid dienone is 1. The van der Waals surface area contributed by atoms with Gasteiger partial charge >= 0.3 is 5.97 Å². The van der Waals surface area contributed by atoms with Crippen LogP contribution in [0.3, 0.4) is 0 Å². The number of aromatic nitrogens is 1. The van der Waals surface area contributed by atoms with E-state index < -0.39 is 17.9 Å². The Morgan fingerprint density at radius 2 is 2.27 bits per heavy atom. The van der Waals surface area contributed by atoms with Gasteiger partial charge in [0.25, 0.3) is 5.91 Å². The first-order valence-electron chi connectivity index (χ1n) is 6.68. The number of nitrogens with one attached hydrogen (secondary N) is 1. The van der Waals surface area contributed by atoms with Crippen LogP contribution in [0.25, 0.3) is 10.8 Å².